The van der Waals surface area contributed by atoms with Crippen molar-refractivity contribution in [3.63, 3.8) is 0 Å². The molecule has 3 N–H and O–H groups in total. The normalized spacial score (nSPS) is 19.4. The summed E-state index contributed by atoms with van der Waals surface area (Å²) in [6, 6.07) is 3.42. The van der Waals surface area contributed by atoms with Crippen molar-refractivity contribution in [2.45, 2.75) is 12.5 Å². The van der Waals surface area contributed by atoms with Gasteiger partial charge in [-0.3, -0.25) is 14.6 Å². The fraction of sp³-hybridized carbons (Fsp3) is 0.533. The summed E-state index contributed by atoms with van der Waals surface area (Å²) < 4.78 is 5.22. The number of carbonyl (C=O) groups excluding carboxylic acids is 2. The number of ether oxygens (including phenoxy) is 1. The van der Waals surface area contributed by atoms with Crippen molar-refractivity contribution in [1.82, 2.24) is 15.2 Å². The second kappa shape index (κ2) is 11.2. The molecule has 136 valence electrons. The van der Waals surface area contributed by atoms with Gasteiger partial charge in [0.25, 0.3) is 0 Å². The predicted octanol–water partition coefficient (Wildman–Crippen LogP) is 0.536. The van der Waals surface area contributed by atoms with Crippen LogP contribution in [0.1, 0.15) is 18.0 Å². The molecule has 0 aromatic carbocycles. The Morgan fingerprint density at radius 1 is 1.46 bits per heavy atom. The molecule has 0 aliphatic carbocycles. The van der Waals surface area contributed by atoms with E-state index in [-0.39, 0.29) is 49.1 Å². The van der Waals surface area contributed by atoms with Crippen molar-refractivity contribution in [3.8, 4) is 0 Å². The lowest BCUT2D eigenvalue weighted by atomic mass is 9.94. The molecule has 2 rings (SSSR count). The van der Waals surface area contributed by atoms with E-state index in [2.05, 4.69) is 10.3 Å². The molecule has 1 saturated heterocycles. The Bertz CT molecular complexity index is 519. The Morgan fingerprint density at radius 2 is 2.21 bits per heavy atom. The number of carbonyl (C=O) groups is 2. The number of amides is 2. The third-order valence-electron chi connectivity index (χ3n) is 3.76. The van der Waals surface area contributed by atoms with Gasteiger partial charge in [0.2, 0.25) is 11.8 Å². The lowest BCUT2D eigenvalue weighted by molar-refractivity contribution is -0.128. The Kier molecular flexibility index (Phi) is 10.5. The van der Waals surface area contributed by atoms with Crippen LogP contribution >= 0.6 is 24.8 Å². The zero-order valence-corrected chi connectivity index (χ0v) is 15.1. The lowest BCUT2D eigenvalue weighted by Gasteiger charge is -2.24. The Balaban J connectivity index is 0.00000264. The molecule has 1 aromatic rings. The molecule has 0 unspecified atom stereocenters. The monoisotopic (exact) mass is 378 g/mol. The standard InChI is InChI=1S/C15H22N4O3.2ClH/c1-19-13(20)9-12(14(19)11-3-2-5-17-10-11)15(21)18-6-8-22-7-4-16;;/h2-3,5,10,12,14H,4,6-9,16H2,1H3,(H,18,21);2*1H/t12-,14+;;/m0../s1. The first-order valence-electron chi connectivity index (χ1n) is 7.36. The summed E-state index contributed by atoms with van der Waals surface area (Å²) in [5, 5.41) is 2.82. The molecular formula is C15H24Cl2N4O3. The number of nitrogens with one attached hydrogen (secondary N) is 1. The van der Waals surface area contributed by atoms with E-state index >= 15 is 0 Å². The molecule has 1 fully saturated rings. The Hall–Kier alpha value is -1.41. The number of nitrogens with two attached hydrogens (primary N) is 1. The van der Waals surface area contributed by atoms with Crippen LogP contribution in [0, 0.1) is 5.92 Å². The minimum absolute atomic E-state index is 0. The van der Waals surface area contributed by atoms with E-state index in [1.54, 1.807) is 24.3 Å². The predicted molar refractivity (Wildman–Crippen MR) is 95.2 cm³/mol. The van der Waals surface area contributed by atoms with Gasteiger partial charge in [-0.15, -0.1) is 24.8 Å². The summed E-state index contributed by atoms with van der Waals surface area (Å²) in [6.07, 6.45) is 3.58. The van der Waals surface area contributed by atoms with E-state index in [1.165, 1.54) is 0 Å². The highest BCUT2D eigenvalue weighted by Gasteiger charge is 2.42. The number of rotatable bonds is 7. The molecule has 1 aromatic heterocycles. The number of hydrogen-bond donors (Lipinski definition) is 2. The summed E-state index contributed by atoms with van der Waals surface area (Å²) in [5.41, 5.74) is 6.19. The van der Waals surface area contributed by atoms with E-state index in [0.29, 0.717) is 26.3 Å². The molecule has 24 heavy (non-hydrogen) atoms. The maximum absolute atomic E-state index is 12.4. The van der Waals surface area contributed by atoms with Gasteiger partial charge >= 0.3 is 0 Å². The first-order valence-corrected chi connectivity index (χ1v) is 7.36. The molecule has 7 nitrogen and oxygen atoms in total. The maximum atomic E-state index is 12.4. The summed E-state index contributed by atoms with van der Waals surface area (Å²) in [7, 11) is 1.72. The molecule has 1 aliphatic rings. The van der Waals surface area contributed by atoms with Gasteiger partial charge in [0, 0.05) is 39.0 Å². The number of aromatic nitrogens is 1. The van der Waals surface area contributed by atoms with Crippen molar-refractivity contribution in [2.75, 3.05) is 33.4 Å². The molecule has 2 heterocycles. The fourth-order valence-corrected chi connectivity index (χ4v) is 2.67. The highest BCUT2D eigenvalue weighted by Crippen LogP contribution is 2.36. The molecule has 0 saturated carbocycles. The molecule has 0 spiro atoms. The molecular weight excluding hydrogens is 355 g/mol. The first-order chi connectivity index (χ1) is 10.6. The van der Waals surface area contributed by atoms with Gasteiger partial charge in [0.05, 0.1) is 25.2 Å². The van der Waals surface area contributed by atoms with Crippen LogP contribution < -0.4 is 11.1 Å². The van der Waals surface area contributed by atoms with Gasteiger partial charge in [-0.1, -0.05) is 6.07 Å². The third kappa shape index (κ3) is 5.59. The number of pyridine rings is 1. The first kappa shape index (κ1) is 22.6. The van der Waals surface area contributed by atoms with Crippen molar-refractivity contribution in [1.29, 1.82) is 0 Å². The topological polar surface area (TPSA) is 97.5 Å². The highest BCUT2D eigenvalue weighted by molar-refractivity contribution is 5.90. The van der Waals surface area contributed by atoms with Gasteiger partial charge in [0.15, 0.2) is 0 Å². The number of halogens is 2. The quantitative estimate of drug-likeness (QED) is 0.674. The van der Waals surface area contributed by atoms with E-state index in [4.69, 9.17) is 10.5 Å². The van der Waals surface area contributed by atoms with E-state index in [0.717, 1.165) is 5.56 Å². The van der Waals surface area contributed by atoms with Crippen LogP contribution in [-0.4, -0.2) is 55.0 Å². The van der Waals surface area contributed by atoms with Gasteiger partial charge < -0.3 is 20.7 Å². The lowest BCUT2D eigenvalue weighted by Crippen LogP contribution is -2.36. The van der Waals surface area contributed by atoms with Gasteiger partial charge in [-0.05, 0) is 11.6 Å². The number of hydrogen-bond acceptors (Lipinski definition) is 5. The minimum atomic E-state index is -0.406. The average Bonchev–Trinajstić information content (AvgIpc) is 2.83. The molecule has 1 aliphatic heterocycles. The van der Waals surface area contributed by atoms with Crippen LogP contribution in [0.4, 0.5) is 0 Å². The smallest absolute Gasteiger partial charge is 0.226 e. The van der Waals surface area contributed by atoms with E-state index in [1.807, 2.05) is 12.1 Å². The zero-order chi connectivity index (χ0) is 15.9. The van der Waals surface area contributed by atoms with Crippen molar-refractivity contribution >= 4 is 36.6 Å². The van der Waals surface area contributed by atoms with Crippen LogP contribution in [0.5, 0.6) is 0 Å². The average molecular weight is 379 g/mol. The van der Waals surface area contributed by atoms with Crippen molar-refractivity contribution < 1.29 is 14.3 Å². The third-order valence-corrected chi connectivity index (χ3v) is 3.76. The largest absolute Gasteiger partial charge is 0.378 e. The molecule has 0 radical (unpaired) electrons. The van der Waals surface area contributed by atoms with Crippen LogP contribution in [-0.2, 0) is 14.3 Å². The zero-order valence-electron chi connectivity index (χ0n) is 13.5. The summed E-state index contributed by atoms with van der Waals surface area (Å²) in [6.45, 7) is 1.75. The molecule has 0 bridgehead atoms. The molecule has 2 amide bonds. The van der Waals surface area contributed by atoms with Crippen molar-refractivity contribution in [2.24, 2.45) is 11.7 Å². The maximum Gasteiger partial charge on any atom is 0.226 e. The highest BCUT2D eigenvalue weighted by atomic mass is 35.5. The molecule has 2 atom stereocenters. The van der Waals surface area contributed by atoms with Gasteiger partial charge in [0.1, 0.15) is 0 Å². The van der Waals surface area contributed by atoms with Gasteiger partial charge in [-0.25, -0.2) is 0 Å². The molecule has 9 heteroatoms. The fourth-order valence-electron chi connectivity index (χ4n) is 2.67. The second-order valence-electron chi connectivity index (χ2n) is 5.24. The Morgan fingerprint density at radius 3 is 2.83 bits per heavy atom. The Labute approximate surface area is 154 Å². The van der Waals surface area contributed by atoms with Crippen LogP contribution in [0.15, 0.2) is 24.5 Å². The van der Waals surface area contributed by atoms with Crippen LogP contribution in [0.2, 0.25) is 0 Å². The number of likely N-dealkylation sites (tertiary alicyclic amines) is 1. The van der Waals surface area contributed by atoms with Crippen LogP contribution in [0.3, 0.4) is 0 Å². The van der Waals surface area contributed by atoms with Crippen molar-refractivity contribution in [3.05, 3.63) is 30.1 Å². The van der Waals surface area contributed by atoms with Gasteiger partial charge in [-0.2, -0.15) is 0 Å². The number of nitrogens with zero attached hydrogens (tertiary/aromatic N) is 2. The second-order valence-corrected chi connectivity index (χ2v) is 5.24. The SMILES string of the molecule is CN1C(=O)C[C@H](C(=O)NCCOCCN)[C@H]1c1cccnc1.Cl.Cl. The van der Waals surface area contributed by atoms with Crippen LogP contribution in [0.25, 0.3) is 0 Å². The summed E-state index contributed by atoms with van der Waals surface area (Å²) >= 11 is 0. The van der Waals surface area contributed by atoms with E-state index in [9.17, 15) is 9.59 Å². The summed E-state index contributed by atoms with van der Waals surface area (Å²) in [5.74, 6) is -0.576. The summed E-state index contributed by atoms with van der Waals surface area (Å²) in [4.78, 5) is 30.0. The minimum Gasteiger partial charge on any atom is -0.378 e. The van der Waals surface area contributed by atoms with E-state index < -0.39 is 5.92 Å².